The number of hydrogen-bond donors (Lipinski definition) is 1. The molecular formula is C13H15N3O2S2. The first kappa shape index (κ1) is 14.9. The quantitative estimate of drug-likeness (QED) is 0.855. The van der Waals surface area contributed by atoms with Crippen LogP contribution in [0.25, 0.3) is 0 Å². The monoisotopic (exact) mass is 309 g/mol. The Kier molecular flexibility index (Phi) is 4.35. The molecule has 5 nitrogen and oxygen atoms in total. The lowest BCUT2D eigenvalue weighted by molar-refractivity contribution is -0.131. The summed E-state index contributed by atoms with van der Waals surface area (Å²) in [5.41, 5.74) is 0.597. The maximum absolute atomic E-state index is 11.9. The fourth-order valence-electron chi connectivity index (χ4n) is 1.79. The highest BCUT2D eigenvalue weighted by Gasteiger charge is 2.35. The predicted molar refractivity (Wildman–Crippen MR) is 79.0 cm³/mol. The van der Waals surface area contributed by atoms with Gasteiger partial charge < -0.3 is 4.90 Å². The molecule has 2 rings (SSSR count). The highest BCUT2D eigenvalue weighted by atomic mass is 32.2. The molecule has 1 atom stereocenters. The molecule has 0 radical (unpaired) electrons. The van der Waals surface area contributed by atoms with Gasteiger partial charge in [-0.2, -0.15) is 5.26 Å². The van der Waals surface area contributed by atoms with Crippen LogP contribution in [0.4, 0.5) is 0 Å². The number of thioether (sulfide) groups is 1. The van der Waals surface area contributed by atoms with Crippen molar-refractivity contribution in [3.63, 3.8) is 0 Å². The standard InChI is InChI=1S/C13H15N3O2S2/c1-20(15,18)12-7-16(8-12)13(17)9-19-11-4-2-10(6-14)3-5-11/h2-5,12,15H,7-9H2,1H3. The van der Waals surface area contributed by atoms with Crippen LogP contribution in [0.2, 0.25) is 0 Å². The first-order valence-corrected chi connectivity index (χ1v) is 9.05. The number of carbonyl (C=O) groups excluding carboxylic acids is 1. The Balaban J connectivity index is 1.80. The van der Waals surface area contributed by atoms with E-state index in [9.17, 15) is 9.00 Å². The molecule has 1 saturated heterocycles. The summed E-state index contributed by atoms with van der Waals surface area (Å²) in [6.45, 7) is 0.844. The van der Waals surface area contributed by atoms with Crippen molar-refractivity contribution in [1.29, 1.82) is 10.0 Å². The number of nitriles is 1. The van der Waals surface area contributed by atoms with Crippen LogP contribution in [0.1, 0.15) is 5.56 Å². The summed E-state index contributed by atoms with van der Waals surface area (Å²) in [5, 5.41) is 8.50. The SMILES string of the molecule is CS(=N)(=O)C1CN(C(=O)CSc2ccc(C#N)cc2)C1. The van der Waals surface area contributed by atoms with Gasteiger partial charge in [-0.25, -0.2) is 4.21 Å². The molecule has 7 heteroatoms. The van der Waals surface area contributed by atoms with Crippen molar-refractivity contribution < 1.29 is 9.00 Å². The third-order valence-electron chi connectivity index (χ3n) is 3.18. The molecule has 0 spiro atoms. The lowest BCUT2D eigenvalue weighted by Gasteiger charge is -2.39. The Labute approximate surface area is 122 Å². The molecule has 1 heterocycles. The molecule has 1 amide bonds. The molecule has 1 aliphatic heterocycles. The fraction of sp³-hybridized carbons (Fsp3) is 0.385. The second-order valence-electron chi connectivity index (χ2n) is 4.75. The minimum Gasteiger partial charge on any atom is -0.339 e. The van der Waals surface area contributed by atoms with Gasteiger partial charge in [0.25, 0.3) is 0 Å². The van der Waals surface area contributed by atoms with Crippen LogP contribution < -0.4 is 0 Å². The zero-order chi connectivity index (χ0) is 14.8. The van der Waals surface area contributed by atoms with Crippen molar-refractivity contribution >= 4 is 27.4 Å². The van der Waals surface area contributed by atoms with Crippen molar-refractivity contribution in [2.24, 2.45) is 0 Å². The summed E-state index contributed by atoms with van der Waals surface area (Å²) < 4.78 is 18.9. The second-order valence-corrected chi connectivity index (χ2v) is 8.27. The summed E-state index contributed by atoms with van der Waals surface area (Å²) in [5.74, 6) is 0.320. The molecular weight excluding hydrogens is 294 g/mol. The first-order valence-electron chi connectivity index (χ1n) is 6.03. The molecule has 106 valence electrons. The highest BCUT2D eigenvalue weighted by molar-refractivity contribution is 8.00. The zero-order valence-electron chi connectivity index (χ0n) is 11.0. The number of nitrogens with zero attached hydrogens (tertiary/aromatic N) is 2. The minimum atomic E-state index is -2.54. The summed E-state index contributed by atoms with van der Waals surface area (Å²) in [6, 6.07) is 9.12. The van der Waals surface area contributed by atoms with E-state index in [2.05, 4.69) is 0 Å². The number of amides is 1. The van der Waals surface area contributed by atoms with Crippen molar-refractivity contribution in [3.8, 4) is 6.07 Å². The maximum Gasteiger partial charge on any atom is 0.233 e. The molecule has 1 fully saturated rings. The Morgan fingerprint density at radius 3 is 2.60 bits per heavy atom. The van der Waals surface area contributed by atoms with Gasteiger partial charge >= 0.3 is 0 Å². The van der Waals surface area contributed by atoms with E-state index in [1.54, 1.807) is 17.0 Å². The number of hydrogen-bond acceptors (Lipinski definition) is 5. The van der Waals surface area contributed by atoms with Crippen LogP contribution in [0.5, 0.6) is 0 Å². The lowest BCUT2D eigenvalue weighted by atomic mass is 10.2. The highest BCUT2D eigenvalue weighted by Crippen LogP contribution is 2.22. The van der Waals surface area contributed by atoms with Gasteiger partial charge in [0, 0.05) is 34.0 Å². The van der Waals surface area contributed by atoms with Gasteiger partial charge in [-0.3, -0.25) is 9.57 Å². The summed E-state index contributed by atoms with van der Waals surface area (Å²) >= 11 is 1.42. The summed E-state index contributed by atoms with van der Waals surface area (Å²) in [6.07, 6.45) is 1.42. The molecule has 0 aromatic heterocycles. The normalized spacial score (nSPS) is 17.9. The van der Waals surface area contributed by atoms with Crippen LogP contribution in [0, 0.1) is 16.1 Å². The van der Waals surface area contributed by atoms with Gasteiger partial charge in [0.2, 0.25) is 5.91 Å². The maximum atomic E-state index is 11.9. The van der Waals surface area contributed by atoms with Gasteiger partial charge in [-0.15, -0.1) is 11.8 Å². The minimum absolute atomic E-state index is 0.000685. The molecule has 1 aromatic rings. The topological polar surface area (TPSA) is 85.0 Å². The summed E-state index contributed by atoms with van der Waals surface area (Å²) in [7, 11) is -2.54. The van der Waals surface area contributed by atoms with Gasteiger partial charge in [-0.1, -0.05) is 0 Å². The van der Waals surface area contributed by atoms with E-state index in [4.69, 9.17) is 10.0 Å². The molecule has 0 aliphatic carbocycles. The van der Waals surface area contributed by atoms with Gasteiger partial charge in [0.15, 0.2) is 0 Å². The van der Waals surface area contributed by atoms with E-state index in [0.717, 1.165) is 4.90 Å². The molecule has 0 bridgehead atoms. The van der Waals surface area contributed by atoms with Crippen LogP contribution >= 0.6 is 11.8 Å². The van der Waals surface area contributed by atoms with Crippen molar-refractivity contribution in [1.82, 2.24) is 4.90 Å². The third-order valence-corrected chi connectivity index (χ3v) is 5.75. The van der Waals surface area contributed by atoms with Gasteiger partial charge in [-0.05, 0) is 24.3 Å². The van der Waals surface area contributed by atoms with E-state index in [1.165, 1.54) is 18.0 Å². The van der Waals surface area contributed by atoms with E-state index in [-0.39, 0.29) is 11.2 Å². The van der Waals surface area contributed by atoms with Crippen molar-refractivity contribution in [3.05, 3.63) is 29.8 Å². The van der Waals surface area contributed by atoms with Crippen molar-refractivity contribution in [2.45, 2.75) is 10.1 Å². The van der Waals surface area contributed by atoms with E-state index in [1.807, 2.05) is 18.2 Å². The average molecular weight is 309 g/mol. The fourth-order valence-corrected chi connectivity index (χ4v) is 3.52. The van der Waals surface area contributed by atoms with Crippen LogP contribution in [-0.2, 0) is 14.5 Å². The molecule has 1 aromatic carbocycles. The van der Waals surface area contributed by atoms with Gasteiger partial charge in [0.1, 0.15) is 0 Å². The zero-order valence-corrected chi connectivity index (χ0v) is 12.7. The number of nitrogens with one attached hydrogen (secondary N) is 1. The number of benzene rings is 1. The number of likely N-dealkylation sites (tertiary alicyclic amines) is 1. The van der Waals surface area contributed by atoms with Crippen LogP contribution in [0.15, 0.2) is 29.2 Å². The van der Waals surface area contributed by atoms with Gasteiger partial charge in [0.05, 0.1) is 22.6 Å². The Hall–Kier alpha value is -1.52. The average Bonchev–Trinajstić information content (AvgIpc) is 2.33. The molecule has 1 aliphatic rings. The number of carbonyl (C=O) groups is 1. The summed E-state index contributed by atoms with van der Waals surface area (Å²) in [4.78, 5) is 14.5. The largest absolute Gasteiger partial charge is 0.339 e. The van der Waals surface area contributed by atoms with E-state index in [0.29, 0.717) is 24.4 Å². The lowest BCUT2D eigenvalue weighted by Crippen LogP contribution is -2.56. The Bertz CT molecular complexity index is 641. The van der Waals surface area contributed by atoms with Crippen LogP contribution in [-0.4, -0.2) is 45.4 Å². The smallest absolute Gasteiger partial charge is 0.233 e. The molecule has 1 N–H and O–H groups in total. The van der Waals surface area contributed by atoms with Crippen LogP contribution in [0.3, 0.4) is 0 Å². The Morgan fingerprint density at radius 1 is 1.50 bits per heavy atom. The third kappa shape index (κ3) is 3.52. The molecule has 1 unspecified atom stereocenters. The van der Waals surface area contributed by atoms with Crippen molar-refractivity contribution in [2.75, 3.05) is 25.1 Å². The Morgan fingerprint density at radius 2 is 2.10 bits per heavy atom. The van der Waals surface area contributed by atoms with E-state index < -0.39 is 9.73 Å². The second kappa shape index (κ2) is 5.85. The molecule has 20 heavy (non-hydrogen) atoms. The first-order chi connectivity index (χ1) is 9.40. The molecule has 0 saturated carbocycles. The predicted octanol–water partition coefficient (Wildman–Crippen LogP) is 1.54. The van der Waals surface area contributed by atoms with E-state index >= 15 is 0 Å². The number of rotatable bonds is 4.